The number of likely N-dealkylation sites (tertiary alicyclic amines) is 1. The minimum absolute atomic E-state index is 0.0513. The lowest BCUT2D eigenvalue weighted by Gasteiger charge is -2.33. The number of aliphatic hydroxyl groups is 1. The van der Waals surface area contributed by atoms with Gasteiger partial charge >= 0.3 is 6.36 Å². The highest BCUT2D eigenvalue weighted by molar-refractivity contribution is 5.29. The molecule has 1 aliphatic rings. The molecule has 0 amide bonds. The number of rotatable bonds is 5. The van der Waals surface area contributed by atoms with Crippen LogP contribution in [-0.4, -0.2) is 49.7 Å². The van der Waals surface area contributed by atoms with E-state index in [1.165, 1.54) is 29.1 Å². The van der Waals surface area contributed by atoms with E-state index in [-0.39, 0.29) is 11.7 Å². The molecule has 1 N–H and O–H groups in total. The fraction of sp³-hybridized carbons (Fsp3) is 0.562. The van der Waals surface area contributed by atoms with Crippen molar-refractivity contribution in [1.82, 2.24) is 25.1 Å². The smallest absolute Gasteiger partial charge is 0.406 e. The first-order valence-corrected chi connectivity index (χ1v) is 8.29. The number of aryl methyl sites for hydroxylation is 1. The van der Waals surface area contributed by atoms with Crippen LogP contribution >= 0.6 is 0 Å². The number of aliphatic hydroxyl groups excluding tert-OH is 1. The summed E-state index contributed by atoms with van der Waals surface area (Å²) in [5.74, 6) is 0.418. The highest BCUT2D eigenvalue weighted by Gasteiger charge is 2.31. The predicted octanol–water partition coefficient (Wildman–Crippen LogP) is 2.05. The maximum Gasteiger partial charge on any atom is 0.573 e. The summed E-state index contributed by atoms with van der Waals surface area (Å²) < 4.78 is 40.4. The van der Waals surface area contributed by atoms with E-state index in [9.17, 15) is 18.3 Å². The van der Waals surface area contributed by atoms with Gasteiger partial charge in [-0.05, 0) is 54.8 Å². The molecule has 0 radical (unpaired) electrons. The van der Waals surface area contributed by atoms with E-state index in [1.54, 1.807) is 7.05 Å². The number of piperidine rings is 1. The molecule has 0 spiro atoms. The summed E-state index contributed by atoms with van der Waals surface area (Å²) in [5, 5.41) is 22.4. The number of hydrogen-bond acceptors (Lipinski definition) is 6. The van der Waals surface area contributed by atoms with Gasteiger partial charge in [0.25, 0.3) is 0 Å². The van der Waals surface area contributed by atoms with Gasteiger partial charge in [0.05, 0.1) is 19.7 Å². The number of benzene rings is 1. The molecule has 1 saturated heterocycles. The van der Waals surface area contributed by atoms with Crippen molar-refractivity contribution in [3.63, 3.8) is 0 Å². The molecule has 1 aromatic carbocycles. The Bertz CT molecular complexity index is 711. The average Bonchev–Trinajstić information content (AvgIpc) is 2.99. The lowest BCUT2D eigenvalue weighted by atomic mass is 9.87. The van der Waals surface area contributed by atoms with Crippen LogP contribution in [-0.2, 0) is 13.6 Å². The SMILES string of the molecule is Cn1nnc(CN2CCC(C(O)c3ccc(OC(F)(F)F)cc3)CC2)n1. The predicted molar refractivity (Wildman–Crippen MR) is 84.9 cm³/mol. The van der Waals surface area contributed by atoms with Crippen LogP contribution in [0.3, 0.4) is 0 Å². The maximum absolute atomic E-state index is 12.2. The Kier molecular flexibility index (Phi) is 5.42. The second-order valence-electron chi connectivity index (χ2n) is 6.37. The molecular formula is C16H20F3N5O2. The van der Waals surface area contributed by atoms with Crippen molar-refractivity contribution in [2.24, 2.45) is 13.0 Å². The van der Waals surface area contributed by atoms with Crippen molar-refractivity contribution in [3.05, 3.63) is 35.7 Å². The fourth-order valence-electron chi connectivity index (χ4n) is 3.15. The number of tetrazole rings is 1. The summed E-state index contributed by atoms with van der Waals surface area (Å²) in [7, 11) is 1.71. The number of aromatic nitrogens is 4. The van der Waals surface area contributed by atoms with E-state index in [0.29, 0.717) is 17.9 Å². The molecule has 1 unspecified atom stereocenters. The van der Waals surface area contributed by atoms with Crippen LogP contribution in [0.4, 0.5) is 13.2 Å². The van der Waals surface area contributed by atoms with Crippen LogP contribution in [0.1, 0.15) is 30.3 Å². The second kappa shape index (κ2) is 7.58. The monoisotopic (exact) mass is 371 g/mol. The van der Waals surface area contributed by atoms with Crippen molar-refractivity contribution < 1.29 is 23.0 Å². The zero-order valence-corrected chi connectivity index (χ0v) is 14.2. The Morgan fingerprint density at radius 1 is 1.23 bits per heavy atom. The number of hydrogen-bond donors (Lipinski definition) is 1. The van der Waals surface area contributed by atoms with Crippen molar-refractivity contribution >= 4 is 0 Å². The molecule has 142 valence electrons. The lowest BCUT2D eigenvalue weighted by molar-refractivity contribution is -0.274. The molecule has 10 heteroatoms. The summed E-state index contributed by atoms with van der Waals surface area (Å²) in [6.45, 7) is 2.19. The Balaban J connectivity index is 1.52. The molecular weight excluding hydrogens is 351 g/mol. The molecule has 2 heterocycles. The first-order valence-electron chi connectivity index (χ1n) is 8.29. The minimum Gasteiger partial charge on any atom is -0.406 e. The molecule has 1 aromatic heterocycles. The van der Waals surface area contributed by atoms with Gasteiger partial charge in [-0.1, -0.05) is 12.1 Å². The van der Waals surface area contributed by atoms with Crippen molar-refractivity contribution in [2.75, 3.05) is 13.1 Å². The Hall–Kier alpha value is -2.20. The summed E-state index contributed by atoms with van der Waals surface area (Å²) in [5.41, 5.74) is 0.591. The van der Waals surface area contributed by atoms with Gasteiger partial charge in [-0.25, -0.2) is 0 Å². The van der Waals surface area contributed by atoms with Gasteiger partial charge in [0.2, 0.25) is 0 Å². The number of halogens is 3. The third-order valence-electron chi connectivity index (χ3n) is 4.45. The highest BCUT2D eigenvalue weighted by Crippen LogP contribution is 2.32. The van der Waals surface area contributed by atoms with Crippen molar-refractivity contribution in [2.45, 2.75) is 31.9 Å². The molecule has 0 aliphatic carbocycles. The molecule has 2 aromatic rings. The Morgan fingerprint density at radius 2 is 1.88 bits per heavy atom. The van der Waals surface area contributed by atoms with Gasteiger partial charge in [-0.2, -0.15) is 4.80 Å². The van der Waals surface area contributed by atoms with Crippen molar-refractivity contribution in [3.8, 4) is 5.75 Å². The highest BCUT2D eigenvalue weighted by atomic mass is 19.4. The molecule has 0 saturated carbocycles. The Morgan fingerprint density at radius 3 is 2.42 bits per heavy atom. The van der Waals surface area contributed by atoms with E-state index < -0.39 is 12.5 Å². The van der Waals surface area contributed by atoms with Gasteiger partial charge in [0.1, 0.15) is 5.75 Å². The first-order chi connectivity index (χ1) is 12.3. The number of nitrogens with zero attached hydrogens (tertiary/aromatic N) is 5. The van der Waals surface area contributed by atoms with E-state index in [0.717, 1.165) is 25.9 Å². The number of ether oxygens (including phenoxy) is 1. The summed E-state index contributed by atoms with van der Waals surface area (Å²) in [4.78, 5) is 3.61. The van der Waals surface area contributed by atoms with Crippen LogP contribution in [0.2, 0.25) is 0 Å². The van der Waals surface area contributed by atoms with Gasteiger partial charge in [0.15, 0.2) is 5.82 Å². The van der Waals surface area contributed by atoms with Crippen LogP contribution < -0.4 is 4.74 Å². The molecule has 26 heavy (non-hydrogen) atoms. The van der Waals surface area contributed by atoms with Crippen molar-refractivity contribution in [1.29, 1.82) is 0 Å². The molecule has 7 nitrogen and oxygen atoms in total. The zero-order valence-electron chi connectivity index (χ0n) is 14.2. The topological polar surface area (TPSA) is 76.3 Å². The average molecular weight is 371 g/mol. The molecule has 1 aliphatic heterocycles. The van der Waals surface area contributed by atoms with Crippen LogP contribution in [0, 0.1) is 5.92 Å². The minimum atomic E-state index is -4.72. The van der Waals surface area contributed by atoms with E-state index in [4.69, 9.17) is 0 Å². The summed E-state index contributed by atoms with van der Waals surface area (Å²) >= 11 is 0. The quantitative estimate of drug-likeness (QED) is 0.867. The van der Waals surface area contributed by atoms with E-state index >= 15 is 0 Å². The first kappa shape index (κ1) is 18.6. The Labute approximate surface area is 148 Å². The largest absolute Gasteiger partial charge is 0.573 e. The maximum atomic E-state index is 12.2. The number of alkyl halides is 3. The molecule has 1 fully saturated rings. The summed E-state index contributed by atoms with van der Waals surface area (Å²) in [6.07, 6.45) is -3.87. The fourth-order valence-corrected chi connectivity index (χ4v) is 3.15. The van der Waals surface area contributed by atoms with Gasteiger partial charge in [0, 0.05) is 0 Å². The third-order valence-corrected chi connectivity index (χ3v) is 4.45. The van der Waals surface area contributed by atoms with Gasteiger partial charge in [-0.3, -0.25) is 4.90 Å². The molecule has 0 bridgehead atoms. The third kappa shape index (κ3) is 4.92. The van der Waals surface area contributed by atoms with Gasteiger partial charge in [-0.15, -0.1) is 23.4 Å². The molecule has 3 rings (SSSR count). The van der Waals surface area contributed by atoms with Crippen LogP contribution in [0.15, 0.2) is 24.3 Å². The lowest BCUT2D eigenvalue weighted by Crippen LogP contribution is -2.35. The second-order valence-corrected chi connectivity index (χ2v) is 6.37. The van der Waals surface area contributed by atoms with Gasteiger partial charge < -0.3 is 9.84 Å². The van der Waals surface area contributed by atoms with E-state index in [2.05, 4.69) is 25.0 Å². The summed E-state index contributed by atoms with van der Waals surface area (Å²) in [6, 6.07) is 5.39. The van der Waals surface area contributed by atoms with Crippen LogP contribution in [0.5, 0.6) is 5.75 Å². The normalized spacial score (nSPS) is 18.0. The standard InChI is InChI=1S/C16H20F3N5O2/c1-23-21-14(20-22-23)10-24-8-6-12(7-9-24)15(25)11-2-4-13(5-3-11)26-16(17,18)19/h2-5,12,15,25H,6-10H2,1H3. The molecule has 1 atom stereocenters. The van der Waals surface area contributed by atoms with E-state index in [1.807, 2.05) is 0 Å². The van der Waals surface area contributed by atoms with Crippen LogP contribution in [0.25, 0.3) is 0 Å². The zero-order chi connectivity index (χ0) is 18.7.